The predicted octanol–water partition coefficient (Wildman–Crippen LogP) is 4.13. The second kappa shape index (κ2) is 5.59. The molecule has 0 aliphatic heterocycles. The van der Waals surface area contributed by atoms with Crippen molar-refractivity contribution in [2.75, 3.05) is 13.7 Å². The van der Waals surface area contributed by atoms with E-state index in [1.807, 2.05) is 12.1 Å². The molecule has 0 amide bonds. The highest BCUT2D eigenvalue weighted by Crippen LogP contribution is 2.29. The van der Waals surface area contributed by atoms with E-state index in [1.165, 1.54) is 0 Å². The van der Waals surface area contributed by atoms with Gasteiger partial charge < -0.3 is 4.74 Å². The highest BCUT2D eigenvalue weighted by molar-refractivity contribution is 6.33. The van der Waals surface area contributed by atoms with Crippen LogP contribution in [0.1, 0.15) is 24.8 Å². The van der Waals surface area contributed by atoms with Gasteiger partial charge in [-0.3, -0.25) is 0 Å². The number of rotatable bonds is 4. The van der Waals surface area contributed by atoms with E-state index < -0.39 is 0 Å². The second-order valence-corrected chi connectivity index (χ2v) is 4.19. The molecule has 3 heteroatoms. The van der Waals surface area contributed by atoms with Crippen molar-refractivity contribution in [2.24, 2.45) is 0 Å². The Morgan fingerprint density at radius 1 is 1.36 bits per heavy atom. The number of benzene rings is 1. The highest BCUT2D eigenvalue weighted by atomic mass is 35.5. The predicted molar refractivity (Wildman–Crippen MR) is 61.4 cm³/mol. The van der Waals surface area contributed by atoms with Gasteiger partial charge in [-0.1, -0.05) is 30.1 Å². The zero-order chi connectivity index (χ0) is 10.6. The summed E-state index contributed by atoms with van der Waals surface area (Å²) in [5, 5.41) is 1.51. The first kappa shape index (κ1) is 11.8. The van der Waals surface area contributed by atoms with Gasteiger partial charge >= 0.3 is 0 Å². The van der Waals surface area contributed by atoms with Crippen LogP contribution in [0.25, 0.3) is 0 Å². The summed E-state index contributed by atoms with van der Waals surface area (Å²) in [5.74, 6) is 0.376. The van der Waals surface area contributed by atoms with Crippen LogP contribution in [0.2, 0.25) is 10.0 Å². The molecule has 1 aromatic rings. The van der Waals surface area contributed by atoms with Crippen molar-refractivity contribution in [1.29, 1.82) is 0 Å². The first-order chi connectivity index (χ1) is 6.65. The van der Waals surface area contributed by atoms with E-state index in [1.54, 1.807) is 13.2 Å². The fourth-order valence-electron chi connectivity index (χ4n) is 1.34. The van der Waals surface area contributed by atoms with E-state index >= 15 is 0 Å². The molecule has 0 heterocycles. The number of methoxy groups -OCH3 is 1. The molecule has 78 valence electrons. The van der Waals surface area contributed by atoms with Crippen LogP contribution in [-0.2, 0) is 4.74 Å². The van der Waals surface area contributed by atoms with Crippen LogP contribution in [0.15, 0.2) is 18.2 Å². The Kier molecular flexibility index (Phi) is 4.73. The Bertz CT molecular complexity index is 299. The van der Waals surface area contributed by atoms with Gasteiger partial charge in [0.15, 0.2) is 0 Å². The Hall–Kier alpha value is -0.240. The maximum absolute atomic E-state index is 6.07. The summed E-state index contributed by atoms with van der Waals surface area (Å²) in [4.78, 5) is 0. The molecule has 1 atom stereocenters. The summed E-state index contributed by atoms with van der Waals surface area (Å²) in [6.07, 6.45) is 0.955. The zero-order valence-electron chi connectivity index (χ0n) is 8.39. The third-order valence-corrected chi connectivity index (χ3v) is 2.82. The minimum absolute atomic E-state index is 0.376. The van der Waals surface area contributed by atoms with Gasteiger partial charge in [-0.2, -0.15) is 0 Å². The molecular weight excluding hydrogens is 219 g/mol. The van der Waals surface area contributed by atoms with Gasteiger partial charge in [0, 0.05) is 23.8 Å². The number of ether oxygens (including phenoxy) is 1. The topological polar surface area (TPSA) is 9.23 Å². The first-order valence-corrected chi connectivity index (χ1v) is 5.34. The molecule has 14 heavy (non-hydrogen) atoms. The molecule has 0 aromatic heterocycles. The number of hydrogen-bond acceptors (Lipinski definition) is 1. The normalized spacial score (nSPS) is 12.9. The van der Waals surface area contributed by atoms with E-state index in [9.17, 15) is 0 Å². The van der Waals surface area contributed by atoms with Crippen LogP contribution >= 0.6 is 23.2 Å². The largest absolute Gasteiger partial charge is 0.385 e. The minimum Gasteiger partial charge on any atom is -0.385 e. The Labute approximate surface area is 95.0 Å². The van der Waals surface area contributed by atoms with Crippen molar-refractivity contribution in [3.63, 3.8) is 0 Å². The molecule has 0 aliphatic carbocycles. The van der Waals surface area contributed by atoms with Crippen molar-refractivity contribution in [3.8, 4) is 0 Å². The lowest BCUT2D eigenvalue weighted by atomic mass is 9.98. The maximum atomic E-state index is 6.07. The lowest BCUT2D eigenvalue weighted by Crippen LogP contribution is -1.99. The molecule has 0 radical (unpaired) electrons. The summed E-state index contributed by atoms with van der Waals surface area (Å²) in [7, 11) is 1.70. The lowest BCUT2D eigenvalue weighted by molar-refractivity contribution is 0.189. The molecule has 1 rings (SSSR count). The average Bonchev–Trinajstić information content (AvgIpc) is 2.18. The summed E-state index contributed by atoms with van der Waals surface area (Å²) < 4.78 is 5.03. The lowest BCUT2D eigenvalue weighted by Gasteiger charge is -2.13. The van der Waals surface area contributed by atoms with E-state index in [-0.39, 0.29) is 0 Å². The Balaban J connectivity index is 2.77. The van der Waals surface area contributed by atoms with E-state index in [2.05, 4.69) is 6.92 Å². The number of hydrogen-bond donors (Lipinski definition) is 0. The third-order valence-electron chi connectivity index (χ3n) is 2.24. The van der Waals surface area contributed by atoms with Gasteiger partial charge in [0.05, 0.1) is 0 Å². The fraction of sp³-hybridized carbons (Fsp3) is 0.455. The Morgan fingerprint density at radius 3 is 2.71 bits per heavy atom. The third kappa shape index (κ3) is 3.16. The van der Waals surface area contributed by atoms with Gasteiger partial charge in [-0.25, -0.2) is 0 Å². The van der Waals surface area contributed by atoms with Crippen molar-refractivity contribution < 1.29 is 4.74 Å². The van der Waals surface area contributed by atoms with Gasteiger partial charge in [-0.05, 0) is 36.1 Å². The van der Waals surface area contributed by atoms with Crippen molar-refractivity contribution in [3.05, 3.63) is 33.8 Å². The molecule has 0 N–H and O–H groups in total. The van der Waals surface area contributed by atoms with Crippen LogP contribution in [0.4, 0.5) is 0 Å². The van der Waals surface area contributed by atoms with Crippen LogP contribution in [-0.4, -0.2) is 13.7 Å². The van der Waals surface area contributed by atoms with E-state index in [0.717, 1.165) is 28.6 Å². The standard InChI is InChI=1S/C11H14Cl2O/c1-8(5-6-14-2)10-7-9(12)3-4-11(10)13/h3-4,7-8H,5-6H2,1-2H3. The molecule has 0 bridgehead atoms. The van der Waals surface area contributed by atoms with Gasteiger partial charge in [0.2, 0.25) is 0 Å². The second-order valence-electron chi connectivity index (χ2n) is 3.35. The molecule has 0 fully saturated rings. The van der Waals surface area contributed by atoms with Crippen LogP contribution in [0.5, 0.6) is 0 Å². The highest BCUT2D eigenvalue weighted by Gasteiger charge is 2.09. The maximum Gasteiger partial charge on any atom is 0.0468 e. The van der Waals surface area contributed by atoms with E-state index in [0.29, 0.717) is 5.92 Å². The minimum atomic E-state index is 0.376. The summed E-state index contributed by atoms with van der Waals surface area (Å²) in [5.41, 5.74) is 1.09. The van der Waals surface area contributed by atoms with Crippen molar-refractivity contribution in [1.82, 2.24) is 0 Å². The van der Waals surface area contributed by atoms with Crippen LogP contribution < -0.4 is 0 Å². The van der Waals surface area contributed by atoms with Gasteiger partial charge in [-0.15, -0.1) is 0 Å². The van der Waals surface area contributed by atoms with Crippen molar-refractivity contribution >= 4 is 23.2 Å². The molecular formula is C11H14Cl2O. The Morgan fingerprint density at radius 2 is 2.07 bits per heavy atom. The molecule has 0 saturated heterocycles. The molecule has 1 unspecified atom stereocenters. The average molecular weight is 233 g/mol. The number of halogens is 2. The molecule has 1 nitrogen and oxygen atoms in total. The zero-order valence-corrected chi connectivity index (χ0v) is 9.90. The summed E-state index contributed by atoms with van der Waals surface area (Å²) in [6.45, 7) is 2.86. The van der Waals surface area contributed by atoms with Crippen LogP contribution in [0, 0.1) is 0 Å². The summed E-state index contributed by atoms with van der Waals surface area (Å²) >= 11 is 12.0. The molecule has 1 aromatic carbocycles. The molecule has 0 saturated carbocycles. The van der Waals surface area contributed by atoms with E-state index in [4.69, 9.17) is 27.9 Å². The monoisotopic (exact) mass is 232 g/mol. The van der Waals surface area contributed by atoms with Crippen molar-refractivity contribution in [2.45, 2.75) is 19.3 Å². The summed E-state index contributed by atoms with van der Waals surface area (Å²) in [6, 6.07) is 5.56. The quantitative estimate of drug-likeness (QED) is 0.759. The smallest absolute Gasteiger partial charge is 0.0468 e. The first-order valence-electron chi connectivity index (χ1n) is 4.59. The van der Waals surface area contributed by atoms with Gasteiger partial charge in [0.25, 0.3) is 0 Å². The SMILES string of the molecule is COCCC(C)c1cc(Cl)ccc1Cl. The molecule has 0 aliphatic rings. The van der Waals surface area contributed by atoms with Crippen LogP contribution in [0.3, 0.4) is 0 Å². The van der Waals surface area contributed by atoms with Gasteiger partial charge in [0.1, 0.15) is 0 Å². The molecule has 0 spiro atoms. The fourth-order valence-corrected chi connectivity index (χ4v) is 1.83.